The van der Waals surface area contributed by atoms with Gasteiger partial charge in [0.05, 0.1) is 5.56 Å². The number of primary amides is 1. The highest BCUT2D eigenvalue weighted by atomic mass is 35.5. The number of carbonyl (C=O) groups excluding carboxylic acids is 3. The number of esters is 1. The molecule has 7 heteroatoms. The maximum absolute atomic E-state index is 11.9. The number of rotatable bonds is 4. The SMILES string of the molecule is CC(C)[C@@H](OC(=O)c1cccc(Cl)c1)C(=O)NC(N)=O. The predicted octanol–water partition coefficient (Wildman–Crippen LogP) is 1.72. The van der Waals surface area contributed by atoms with Gasteiger partial charge in [-0.05, 0) is 24.1 Å². The van der Waals surface area contributed by atoms with Gasteiger partial charge in [-0.3, -0.25) is 10.1 Å². The Bertz CT molecular complexity index is 531. The molecule has 0 saturated carbocycles. The van der Waals surface area contributed by atoms with E-state index in [1.54, 1.807) is 26.0 Å². The van der Waals surface area contributed by atoms with Crippen molar-refractivity contribution in [3.63, 3.8) is 0 Å². The first kappa shape index (κ1) is 16.0. The number of carbonyl (C=O) groups is 3. The summed E-state index contributed by atoms with van der Waals surface area (Å²) in [7, 11) is 0. The third-order valence-corrected chi connectivity index (χ3v) is 2.64. The van der Waals surface area contributed by atoms with E-state index >= 15 is 0 Å². The first-order valence-corrected chi connectivity index (χ1v) is 6.26. The van der Waals surface area contributed by atoms with E-state index in [-0.39, 0.29) is 11.5 Å². The van der Waals surface area contributed by atoms with Crippen molar-refractivity contribution < 1.29 is 19.1 Å². The first-order valence-electron chi connectivity index (χ1n) is 5.88. The quantitative estimate of drug-likeness (QED) is 0.827. The second kappa shape index (κ2) is 6.91. The Kier molecular flexibility index (Phi) is 5.52. The Morgan fingerprint density at radius 2 is 1.95 bits per heavy atom. The van der Waals surface area contributed by atoms with Crippen LogP contribution in [0.1, 0.15) is 24.2 Å². The number of nitrogens with one attached hydrogen (secondary N) is 1. The lowest BCUT2D eigenvalue weighted by atomic mass is 10.1. The smallest absolute Gasteiger partial charge is 0.338 e. The molecule has 0 bridgehead atoms. The lowest BCUT2D eigenvalue weighted by molar-refractivity contribution is -0.130. The van der Waals surface area contributed by atoms with Crippen LogP contribution in [0.4, 0.5) is 4.79 Å². The van der Waals surface area contributed by atoms with Gasteiger partial charge in [0.25, 0.3) is 5.91 Å². The van der Waals surface area contributed by atoms with Gasteiger partial charge in [-0.15, -0.1) is 0 Å². The van der Waals surface area contributed by atoms with E-state index in [0.29, 0.717) is 5.02 Å². The molecule has 0 unspecified atom stereocenters. The fourth-order valence-electron chi connectivity index (χ4n) is 1.48. The van der Waals surface area contributed by atoms with E-state index in [1.807, 2.05) is 5.32 Å². The summed E-state index contributed by atoms with van der Waals surface area (Å²) >= 11 is 5.77. The van der Waals surface area contributed by atoms with Crippen molar-refractivity contribution in [1.29, 1.82) is 0 Å². The number of urea groups is 1. The molecular formula is C13H15ClN2O4. The molecule has 3 N–H and O–H groups in total. The van der Waals surface area contributed by atoms with Gasteiger partial charge in [0.2, 0.25) is 0 Å². The molecule has 20 heavy (non-hydrogen) atoms. The summed E-state index contributed by atoms with van der Waals surface area (Å²) in [6.45, 7) is 3.35. The summed E-state index contributed by atoms with van der Waals surface area (Å²) in [4.78, 5) is 34.3. The van der Waals surface area contributed by atoms with Crippen molar-refractivity contribution in [2.24, 2.45) is 11.7 Å². The zero-order valence-electron chi connectivity index (χ0n) is 11.1. The van der Waals surface area contributed by atoms with Crippen LogP contribution in [0.3, 0.4) is 0 Å². The zero-order valence-corrected chi connectivity index (χ0v) is 11.8. The number of imide groups is 1. The highest BCUT2D eigenvalue weighted by Gasteiger charge is 2.27. The third-order valence-electron chi connectivity index (χ3n) is 2.40. The number of amides is 3. The topological polar surface area (TPSA) is 98.5 Å². The van der Waals surface area contributed by atoms with Crippen molar-refractivity contribution in [2.75, 3.05) is 0 Å². The molecular weight excluding hydrogens is 284 g/mol. The van der Waals surface area contributed by atoms with Crippen LogP contribution in [0.15, 0.2) is 24.3 Å². The van der Waals surface area contributed by atoms with Crippen LogP contribution in [-0.4, -0.2) is 24.0 Å². The zero-order chi connectivity index (χ0) is 15.3. The molecule has 0 aliphatic heterocycles. The molecule has 1 atom stereocenters. The van der Waals surface area contributed by atoms with Crippen LogP contribution in [-0.2, 0) is 9.53 Å². The van der Waals surface area contributed by atoms with Gasteiger partial charge < -0.3 is 10.5 Å². The maximum atomic E-state index is 11.9. The molecule has 0 aliphatic carbocycles. The largest absolute Gasteiger partial charge is 0.448 e. The van der Waals surface area contributed by atoms with E-state index in [2.05, 4.69) is 0 Å². The Morgan fingerprint density at radius 3 is 2.45 bits per heavy atom. The molecule has 3 amide bonds. The molecule has 6 nitrogen and oxygen atoms in total. The van der Waals surface area contributed by atoms with Crippen LogP contribution in [0.5, 0.6) is 0 Å². The predicted molar refractivity (Wildman–Crippen MR) is 73.2 cm³/mol. The monoisotopic (exact) mass is 298 g/mol. The van der Waals surface area contributed by atoms with E-state index in [9.17, 15) is 14.4 Å². The molecule has 0 radical (unpaired) electrons. The van der Waals surface area contributed by atoms with Crippen molar-refractivity contribution in [2.45, 2.75) is 20.0 Å². The van der Waals surface area contributed by atoms with E-state index in [4.69, 9.17) is 22.1 Å². The standard InChI is InChI=1S/C13H15ClN2O4/c1-7(2)10(11(17)16-13(15)19)20-12(18)8-4-3-5-9(14)6-8/h3-7,10H,1-2H3,(H3,15,16,17,19)/t10-/m1/s1. The minimum Gasteiger partial charge on any atom is -0.448 e. The van der Waals surface area contributed by atoms with Gasteiger partial charge in [-0.2, -0.15) is 0 Å². The molecule has 1 rings (SSSR count). The Balaban J connectivity index is 2.83. The van der Waals surface area contributed by atoms with Crippen LogP contribution >= 0.6 is 11.6 Å². The average molecular weight is 299 g/mol. The van der Waals surface area contributed by atoms with Gasteiger partial charge in [0, 0.05) is 5.02 Å². The second-order valence-corrected chi connectivity index (χ2v) is 4.87. The molecule has 0 aromatic heterocycles. The molecule has 0 fully saturated rings. The minimum atomic E-state index is -1.12. The van der Waals surface area contributed by atoms with Gasteiger partial charge in [0.1, 0.15) is 0 Å². The summed E-state index contributed by atoms with van der Waals surface area (Å²) < 4.78 is 5.10. The number of hydrogen-bond acceptors (Lipinski definition) is 4. The van der Waals surface area contributed by atoms with Crippen LogP contribution in [0.25, 0.3) is 0 Å². The van der Waals surface area contributed by atoms with Crippen molar-refractivity contribution >= 4 is 29.5 Å². The van der Waals surface area contributed by atoms with E-state index in [0.717, 1.165) is 0 Å². The number of nitrogens with two attached hydrogens (primary N) is 1. The van der Waals surface area contributed by atoms with Crippen LogP contribution in [0.2, 0.25) is 5.02 Å². The summed E-state index contributed by atoms with van der Waals surface area (Å²) in [6, 6.07) is 5.13. The van der Waals surface area contributed by atoms with Gasteiger partial charge in [-0.1, -0.05) is 31.5 Å². The Labute approximate surface area is 121 Å². The number of halogens is 1. The van der Waals surface area contributed by atoms with Gasteiger partial charge in [0.15, 0.2) is 6.10 Å². The summed E-state index contributed by atoms with van der Waals surface area (Å²) in [5.74, 6) is -1.79. The van der Waals surface area contributed by atoms with Crippen molar-refractivity contribution in [3.8, 4) is 0 Å². The van der Waals surface area contributed by atoms with E-state index in [1.165, 1.54) is 12.1 Å². The normalized spacial score (nSPS) is 11.8. The highest BCUT2D eigenvalue weighted by Crippen LogP contribution is 2.14. The fraction of sp³-hybridized carbons (Fsp3) is 0.308. The van der Waals surface area contributed by atoms with Crippen LogP contribution in [0, 0.1) is 5.92 Å². The Morgan fingerprint density at radius 1 is 1.30 bits per heavy atom. The van der Waals surface area contributed by atoms with Gasteiger partial charge in [-0.25, -0.2) is 9.59 Å². The number of ether oxygens (including phenoxy) is 1. The molecule has 1 aromatic carbocycles. The number of benzene rings is 1. The van der Waals surface area contributed by atoms with Crippen molar-refractivity contribution in [1.82, 2.24) is 5.32 Å². The molecule has 0 spiro atoms. The summed E-state index contributed by atoms with van der Waals surface area (Å²) in [5.41, 5.74) is 5.08. The lowest BCUT2D eigenvalue weighted by Crippen LogP contribution is -2.45. The second-order valence-electron chi connectivity index (χ2n) is 4.43. The first-order chi connectivity index (χ1) is 9.31. The molecule has 0 aliphatic rings. The Hall–Kier alpha value is -2.08. The molecule has 1 aromatic rings. The molecule has 0 heterocycles. The number of hydrogen-bond donors (Lipinski definition) is 2. The summed E-state index contributed by atoms with van der Waals surface area (Å²) in [5, 5.41) is 2.27. The molecule has 0 saturated heterocycles. The highest BCUT2D eigenvalue weighted by molar-refractivity contribution is 6.30. The van der Waals surface area contributed by atoms with Crippen molar-refractivity contribution in [3.05, 3.63) is 34.9 Å². The fourth-order valence-corrected chi connectivity index (χ4v) is 1.67. The molecule has 108 valence electrons. The summed E-state index contributed by atoms with van der Waals surface area (Å²) in [6.07, 6.45) is -1.12. The van der Waals surface area contributed by atoms with Gasteiger partial charge >= 0.3 is 12.0 Å². The minimum absolute atomic E-state index is 0.218. The maximum Gasteiger partial charge on any atom is 0.338 e. The van der Waals surface area contributed by atoms with Crippen LogP contribution < -0.4 is 11.1 Å². The average Bonchev–Trinajstić information content (AvgIpc) is 2.34. The lowest BCUT2D eigenvalue weighted by Gasteiger charge is -2.19. The van der Waals surface area contributed by atoms with E-state index < -0.39 is 24.0 Å². The third kappa shape index (κ3) is 4.55.